The summed E-state index contributed by atoms with van der Waals surface area (Å²) in [4.78, 5) is 22.3. The van der Waals surface area contributed by atoms with Crippen LogP contribution in [0.25, 0.3) is 0 Å². The van der Waals surface area contributed by atoms with Crippen LogP contribution in [0.15, 0.2) is 0 Å². The zero-order valence-corrected chi connectivity index (χ0v) is 6.62. The molecule has 0 radical (unpaired) electrons. The second-order valence-corrected chi connectivity index (χ2v) is 3.48. The van der Waals surface area contributed by atoms with Crippen LogP contribution in [0.1, 0.15) is 19.3 Å². The van der Waals surface area contributed by atoms with E-state index in [1.807, 2.05) is 0 Å². The summed E-state index contributed by atoms with van der Waals surface area (Å²) in [5.41, 5.74) is 0. The smallest absolute Gasteiger partial charge is 0.233 e. The number of nitrogens with one attached hydrogen (secondary N) is 1. The first-order chi connectivity index (χ1) is 5.70. The van der Waals surface area contributed by atoms with E-state index in [0.29, 0.717) is 6.42 Å². The third-order valence-electron chi connectivity index (χ3n) is 2.75. The molecule has 12 heavy (non-hydrogen) atoms. The van der Waals surface area contributed by atoms with Gasteiger partial charge in [-0.2, -0.15) is 0 Å². The molecule has 1 heterocycles. The van der Waals surface area contributed by atoms with Gasteiger partial charge >= 0.3 is 0 Å². The maximum absolute atomic E-state index is 11.1. The summed E-state index contributed by atoms with van der Waals surface area (Å²) in [6.07, 6.45) is 1.60. The first-order valence-electron chi connectivity index (χ1n) is 4.23. The first-order valence-corrected chi connectivity index (χ1v) is 4.23. The van der Waals surface area contributed by atoms with E-state index in [1.165, 1.54) is 0 Å². The molecule has 1 aliphatic heterocycles. The number of hydrogen-bond donors (Lipinski definition) is 2. The van der Waals surface area contributed by atoms with Crippen molar-refractivity contribution in [1.29, 1.82) is 0 Å². The lowest BCUT2D eigenvalue weighted by molar-refractivity contribution is -0.127. The van der Waals surface area contributed by atoms with Gasteiger partial charge in [0, 0.05) is 0 Å². The van der Waals surface area contributed by atoms with Crippen LogP contribution in [0.2, 0.25) is 0 Å². The number of aliphatic hydroxyl groups excluding tert-OH is 1. The number of rotatable bonds is 0. The van der Waals surface area contributed by atoms with Gasteiger partial charge in [-0.05, 0) is 12.8 Å². The highest BCUT2D eigenvalue weighted by atomic mass is 16.3. The fourth-order valence-electron chi connectivity index (χ4n) is 2.12. The van der Waals surface area contributed by atoms with Crippen LogP contribution in [0, 0.1) is 11.8 Å². The van der Waals surface area contributed by atoms with Crippen molar-refractivity contribution in [2.75, 3.05) is 0 Å². The van der Waals surface area contributed by atoms with Crippen LogP contribution < -0.4 is 5.32 Å². The Balaban J connectivity index is 2.24. The van der Waals surface area contributed by atoms with E-state index in [-0.39, 0.29) is 17.7 Å². The summed E-state index contributed by atoms with van der Waals surface area (Å²) < 4.78 is 0. The van der Waals surface area contributed by atoms with Crippen LogP contribution in [0.3, 0.4) is 0 Å². The standard InChI is InChI=1S/C8H11NO3/c10-5-3-1-2-4-6(5)8(12)9-7(4)11/h4-6,10H,1-3H2,(H,9,11,12). The van der Waals surface area contributed by atoms with Crippen molar-refractivity contribution in [3.8, 4) is 0 Å². The topological polar surface area (TPSA) is 66.4 Å². The molecule has 1 saturated heterocycles. The third kappa shape index (κ3) is 0.948. The number of aliphatic hydroxyl groups is 1. The number of hydrogen-bond acceptors (Lipinski definition) is 3. The van der Waals surface area contributed by atoms with Gasteiger partial charge in [0.15, 0.2) is 0 Å². The van der Waals surface area contributed by atoms with Crippen LogP contribution in [-0.2, 0) is 9.59 Å². The molecule has 0 aromatic carbocycles. The molecule has 0 aromatic heterocycles. The Morgan fingerprint density at radius 3 is 2.67 bits per heavy atom. The molecule has 3 unspecified atom stereocenters. The molecule has 4 heteroatoms. The Hall–Kier alpha value is -0.900. The number of carbonyl (C=O) groups is 2. The van der Waals surface area contributed by atoms with Crippen molar-refractivity contribution in [3.63, 3.8) is 0 Å². The van der Waals surface area contributed by atoms with E-state index in [0.717, 1.165) is 12.8 Å². The van der Waals surface area contributed by atoms with Gasteiger partial charge in [-0.25, -0.2) is 0 Å². The molecule has 4 nitrogen and oxygen atoms in total. The molecular formula is C8H11NO3. The molecule has 3 atom stereocenters. The molecule has 1 aliphatic carbocycles. The monoisotopic (exact) mass is 169 g/mol. The summed E-state index contributed by atoms with van der Waals surface area (Å²) in [5, 5.41) is 11.7. The van der Waals surface area contributed by atoms with Crippen molar-refractivity contribution >= 4 is 11.8 Å². The van der Waals surface area contributed by atoms with E-state index >= 15 is 0 Å². The van der Waals surface area contributed by atoms with Gasteiger partial charge in [-0.3, -0.25) is 14.9 Å². The molecule has 2 amide bonds. The lowest BCUT2D eigenvalue weighted by atomic mass is 9.79. The Morgan fingerprint density at radius 2 is 2.00 bits per heavy atom. The van der Waals surface area contributed by atoms with Crippen molar-refractivity contribution in [1.82, 2.24) is 5.32 Å². The highest BCUT2D eigenvalue weighted by molar-refractivity contribution is 6.05. The average molecular weight is 169 g/mol. The summed E-state index contributed by atoms with van der Waals surface area (Å²) in [6.45, 7) is 0. The molecule has 0 aromatic rings. The fourth-order valence-corrected chi connectivity index (χ4v) is 2.12. The first kappa shape index (κ1) is 7.73. The third-order valence-corrected chi connectivity index (χ3v) is 2.75. The van der Waals surface area contributed by atoms with Crippen LogP contribution in [-0.4, -0.2) is 23.0 Å². The normalized spacial score (nSPS) is 40.9. The summed E-state index contributed by atoms with van der Waals surface area (Å²) in [7, 11) is 0. The van der Waals surface area contributed by atoms with E-state index in [9.17, 15) is 14.7 Å². The van der Waals surface area contributed by atoms with E-state index in [4.69, 9.17) is 0 Å². The van der Waals surface area contributed by atoms with Gasteiger partial charge in [-0.1, -0.05) is 6.42 Å². The van der Waals surface area contributed by atoms with Gasteiger partial charge in [0.2, 0.25) is 11.8 Å². The second-order valence-electron chi connectivity index (χ2n) is 3.48. The lowest BCUT2D eigenvalue weighted by Gasteiger charge is -2.25. The van der Waals surface area contributed by atoms with E-state index in [1.54, 1.807) is 0 Å². The number of fused-ring (bicyclic) bond motifs is 1. The van der Waals surface area contributed by atoms with Crippen molar-refractivity contribution < 1.29 is 14.7 Å². The summed E-state index contributed by atoms with van der Waals surface area (Å²) in [6, 6.07) is 0. The Morgan fingerprint density at radius 1 is 1.25 bits per heavy atom. The average Bonchev–Trinajstić information content (AvgIpc) is 2.29. The zero-order valence-electron chi connectivity index (χ0n) is 6.62. The predicted molar refractivity (Wildman–Crippen MR) is 40.0 cm³/mol. The number of amides is 2. The predicted octanol–water partition coefficient (Wildman–Crippen LogP) is -0.580. The largest absolute Gasteiger partial charge is 0.392 e. The Bertz CT molecular complexity index is 238. The number of carbonyl (C=O) groups excluding carboxylic acids is 2. The molecule has 2 fully saturated rings. The fraction of sp³-hybridized carbons (Fsp3) is 0.750. The maximum Gasteiger partial charge on any atom is 0.233 e. The zero-order chi connectivity index (χ0) is 8.72. The van der Waals surface area contributed by atoms with Gasteiger partial charge in [-0.15, -0.1) is 0 Å². The van der Waals surface area contributed by atoms with Crippen LogP contribution >= 0.6 is 0 Å². The van der Waals surface area contributed by atoms with Gasteiger partial charge in [0.05, 0.1) is 17.9 Å². The molecule has 0 spiro atoms. The molecule has 66 valence electrons. The highest BCUT2D eigenvalue weighted by Crippen LogP contribution is 2.33. The van der Waals surface area contributed by atoms with Crippen molar-refractivity contribution in [2.24, 2.45) is 11.8 Å². The number of imide groups is 1. The molecule has 1 saturated carbocycles. The molecule has 2 rings (SSSR count). The van der Waals surface area contributed by atoms with Gasteiger partial charge < -0.3 is 5.11 Å². The van der Waals surface area contributed by atoms with E-state index in [2.05, 4.69) is 5.32 Å². The minimum absolute atomic E-state index is 0.205. The Kier molecular flexibility index (Phi) is 1.65. The molecule has 2 N–H and O–H groups in total. The minimum atomic E-state index is -0.616. The lowest BCUT2D eigenvalue weighted by Crippen LogP contribution is -2.34. The molecular weight excluding hydrogens is 158 g/mol. The SMILES string of the molecule is O=C1NC(=O)C2C(O)CCCC12. The molecule has 2 aliphatic rings. The Labute approximate surface area is 69.9 Å². The van der Waals surface area contributed by atoms with Crippen LogP contribution in [0.4, 0.5) is 0 Å². The quantitative estimate of drug-likeness (QED) is 0.477. The second kappa shape index (κ2) is 2.55. The van der Waals surface area contributed by atoms with Crippen molar-refractivity contribution in [2.45, 2.75) is 25.4 Å². The minimum Gasteiger partial charge on any atom is -0.392 e. The molecule has 0 bridgehead atoms. The highest BCUT2D eigenvalue weighted by Gasteiger charge is 2.47. The van der Waals surface area contributed by atoms with Crippen molar-refractivity contribution in [3.05, 3.63) is 0 Å². The van der Waals surface area contributed by atoms with Gasteiger partial charge in [0.1, 0.15) is 0 Å². The van der Waals surface area contributed by atoms with Gasteiger partial charge in [0.25, 0.3) is 0 Å². The summed E-state index contributed by atoms with van der Waals surface area (Å²) in [5.74, 6) is -1.23. The maximum atomic E-state index is 11.1. The van der Waals surface area contributed by atoms with Crippen LogP contribution in [0.5, 0.6) is 0 Å². The summed E-state index contributed by atoms with van der Waals surface area (Å²) >= 11 is 0. The van der Waals surface area contributed by atoms with E-state index < -0.39 is 12.0 Å².